The van der Waals surface area contributed by atoms with Gasteiger partial charge in [-0.1, -0.05) is 44.2 Å². The van der Waals surface area contributed by atoms with Crippen molar-refractivity contribution in [3.05, 3.63) is 52.8 Å². The Morgan fingerprint density at radius 3 is 2.56 bits per heavy atom. The number of hydrogen-bond donors (Lipinski definition) is 2. The molecule has 1 heterocycles. The van der Waals surface area contributed by atoms with Crippen molar-refractivity contribution in [1.29, 1.82) is 0 Å². The van der Waals surface area contributed by atoms with Crippen LogP contribution >= 0.6 is 10.2 Å². The molecule has 0 amide bonds. The highest BCUT2D eigenvalue weighted by molar-refractivity contribution is 8.37. The Labute approximate surface area is 111 Å². The average Bonchev–Trinajstić information content (AvgIpc) is 2.85. The first-order valence-corrected chi connectivity index (χ1v) is 8.24. The lowest BCUT2D eigenvalue weighted by atomic mass is 10.1. The van der Waals surface area contributed by atoms with Gasteiger partial charge in [0.05, 0.1) is 0 Å². The van der Waals surface area contributed by atoms with Crippen molar-refractivity contribution in [2.24, 2.45) is 0 Å². The fourth-order valence-corrected chi connectivity index (χ4v) is 5.00. The van der Waals surface area contributed by atoms with E-state index in [0.29, 0.717) is 0 Å². The number of rotatable bonds is 5. The van der Waals surface area contributed by atoms with Gasteiger partial charge in [-0.15, -0.1) is 10.2 Å². The topological polar surface area (TPSA) is 32.3 Å². The zero-order chi connectivity index (χ0) is 13.0. The molecule has 98 valence electrons. The van der Waals surface area contributed by atoms with Gasteiger partial charge in [0, 0.05) is 6.54 Å². The maximum atomic E-state index is 10.3. The molecule has 18 heavy (non-hydrogen) atoms. The SMILES string of the molecule is CCNS1(C(O)CC)C=CC(c2ccccc2)=C1. The van der Waals surface area contributed by atoms with E-state index in [1.165, 1.54) is 11.1 Å². The van der Waals surface area contributed by atoms with E-state index in [0.717, 1.165) is 13.0 Å². The van der Waals surface area contributed by atoms with Crippen LogP contribution in [0.3, 0.4) is 0 Å². The first-order chi connectivity index (χ1) is 8.72. The first kappa shape index (κ1) is 13.4. The Morgan fingerprint density at radius 1 is 1.22 bits per heavy atom. The molecule has 3 heteroatoms. The zero-order valence-electron chi connectivity index (χ0n) is 11.0. The van der Waals surface area contributed by atoms with Crippen LogP contribution in [0.4, 0.5) is 0 Å². The molecular weight excluding hydrogens is 242 g/mol. The summed E-state index contributed by atoms with van der Waals surface area (Å²) in [5.74, 6) is 0. The summed E-state index contributed by atoms with van der Waals surface area (Å²) in [4.78, 5) is 0. The summed E-state index contributed by atoms with van der Waals surface area (Å²) >= 11 is 0. The van der Waals surface area contributed by atoms with Crippen LogP contribution < -0.4 is 4.72 Å². The molecule has 0 bridgehead atoms. The molecule has 2 unspecified atom stereocenters. The molecule has 0 fully saturated rings. The minimum absolute atomic E-state index is 0.310. The normalized spacial score (nSPS) is 27.6. The summed E-state index contributed by atoms with van der Waals surface area (Å²) < 4.78 is 3.48. The van der Waals surface area contributed by atoms with Gasteiger partial charge in [-0.3, -0.25) is 4.72 Å². The van der Waals surface area contributed by atoms with Crippen LogP contribution in [-0.2, 0) is 0 Å². The van der Waals surface area contributed by atoms with Gasteiger partial charge in [-0.25, -0.2) is 0 Å². The van der Waals surface area contributed by atoms with E-state index in [2.05, 4.69) is 40.7 Å². The smallest absolute Gasteiger partial charge is 0.102 e. The Hall–Kier alpha value is -1.03. The molecule has 0 aromatic heterocycles. The van der Waals surface area contributed by atoms with Crippen molar-refractivity contribution >= 4 is 15.8 Å². The molecule has 2 atom stereocenters. The number of hydrogen-bond acceptors (Lipinski definition) is 2. The molecule has 1 aliphatic heterocycles. The molecule has 2 nitrogen and oxygen atoms in total. The maximum Gasteiger partial charge on any atom is 0.102 e. The van der Waals surface area contributed by atoms with Gasteiger partial charge in [0.15, 0.2) is 0 Å². The molecule has 1 aromatic rings. The maximum absolute atomic E-state index is 10.3. The Balaban J connectivity index is 2.32. The highest BCUT2D eigenvalue weighted by Crippen LogP contribution is 2.57. The van der Waals surface area contributed by atoms with Crippen LogP contribution in [0.5, 0.6) is 0 Å². The Bertz CT molecular complexity index is 455. The van der Waals surface area contributed by atoms with Gasteiger partial charge in [0.25, 0.3) is 0 Å². The lowest BCUT2D eigenvalue weighted by Gasteiger charge is -2.37. The molecule has 1 aromatic carbocycles. The second kappa shape index (κ2) is 5.74. The summed E-state index contributed by atoms with van der Waals surface area (Å²) in [6.07, 6.45) is 2.90. The number of allylic oxidation sites excluding steroid dienone is 2. The predicted molar refractivity (Wildman–Crippen MR) is 81.1 cm³/mol. The number of nitrogens with one attached hydrogen (secondary N) is 1. The van der Waals surface area contributed by atoms with E-state index in [1.54, 1.807) is 0 Å². The van der Waals surface area contributed by atoms with Crippen LogP contribution in [0, 0.1) is 0 Å². The molecule has 2 N–H and O–H groups in total. The van der Waals surface area contributed by atoms with E-state index in [1.807, 2.05) is 25.1 Å². The van der Waals surface area contributed by atoms with Crippen molar-refractivity contribution < 1.29 is 5.11 Å². The van der Waals surface area contributed by atoms with Crippen LogP contribution in [0.2, 0.25) is 0 Å². The highest BCUT2D eigenvalue weighted by atomic mass is 32.3. The fraction of sp³-hybridized carbons (Fsp3) is 0.333. The fourth-order valence-electron chi connectivity index (χ4n) is 2.15. The predicted octanol–water partition coefficient (Wildman–Crippen LogP) is 3.61. The second-order valence-corrected chi connectivity index (χ2v) is 7.23. The van der Waals surface area contributed by atoms with E-state index >= 15 is 0 Å². The van der Waals surface area contributed by atoms with Crippen molar-refractivity contribution in [1.82, 2.24) is 4.72 Å². The summed E-state index contributed by atoms with van der Waals surface area (Å²) in [6, 6.07) is 10.3. The zero-order valence-corrected chi connectivity index (χ0v) is 11.8. The van der Waals surface area contributed by atoms with Crippen LogP contribution in [0.15, 0.2) is 47.2 Å². The summed E-state index contributed by atoms with van der Waals surface area (Å²) in [5, 5.41) is 14.7. The molecule has 1 aliphatic rings. The molecular formula is C15H21NOS. The van der Waals surface area contributed by atoms with Crippen molar-refractivity contribution in [3.8, 4) is 0 Å². The van der Waals surface area contributed by atoms with E-state index in [9.17, 15) is 5.11 Å². The van der Waals surface area contributed by atoms with Gasteiger partial charge < -0.3 is 5.11 Å². The van der Waals surface area contributed by atoms with E-state index in [-0.39, 0.29) is 5.44 Å². The summed E-state index contributed by atoms with van der Waals surface area (Å²) in [5.41, 5.74) is 2.11. The van der Waals surface area contributed by atoms with Gasteiger partial charge in [0.1, 0.15) is 5.44 Å². The Kier molecular flexibility index (Phi) is 4.27. The number of aliphatic hydroxyl groups is 1. The van der Waals surface area contributed by atoms with Crippen LogP contribution in [0.25, 0.3) is 5.57 Å². The van der Waals surface area contributed by atoms with E-state index in [4.69, 9.17) is 0 Å². The minimum atomic E-state index is -1.37. The molecule has 2 rings (SSSR count). The standard InChI is InChI=1S/C15H21NOS/c1-3-15(17)18(16-4-2)11-10-14(12-18)13-8-6-5-7-9-13/h5-12,15-17H,3-4H2,1-2H3. The van der Waals surface area contributed by atoms with Gasteiger partial charge in [-0.2, -0.15) is 0 Å². The third-order valence-corrected chi connectivity index (χ3v) is 6.35. The first-order valence-electron chi connectivity index (χ1n) is 6.42. The average molecular weight is 263 g/mol. The molecule has 0 spiro atoms. The third-order valence-electron chi connectivity index (χ3n) is 3.10. The molecule has 0 saturated heterocycles. The molecule has 0 aliphatic carbocycles. The third kappa shape index (κ3) is 2.53. The Morgan fingerprint density at radius 2 is 1.94 bits per heavy atom. The highest BCUT2D eigenvalue weighted by Gasteiger charge is 2.29. The van der Waals surface area contributed by atoms with Crippen molar-refractivity contribution in [2.75, 3.05) is 6.54 Å². The summed E-state index contributed by atoms with van der Waals surface area (Å²) in [7, 11) is -1.37. The van der Waals surface area contributed by atoms with Gasteiger partial charge in [-0.05, 0) is 34.4 Å². The van der Waals surface area contributed by atoms with Gasteiger partial charge >= 0.3 is 0 Å². The molecule has 0 saturated carbocycles. The number of benzene rings is 1. The van der Waals surface area contributed by atoms with Crippen LogP contribution in [-0.4, -0.2) is 17.1 Å². The van der Waals surface area contributed by atoms with Crippen LogP contribution in [0.1, 0.15) is 25.8 Å². The minimum Gasteiger partial charge on any atom is -0.382 e. The number of aliphatic hydroxyl groups excluding tert-OH is 1. The largest absolute Gasteiger partial charge is 0.382 e. The lowest BCUT2D eigenvalue weighted by Crippen LogP contribution is -2.26. The quantitative estimate of drug-likeness (QED) is 0.850. The summed E-state index contributed by atoms with van der Waals surface area (Å²) in [6.45, 7) is 4.98. The lowest BCUT2D eigenvalue weighted by molar-refractivity contribution is 0.255. The van der Waals surface area contributed by atoms with Crippen molar-refractivity contribution in [3.63, 3.8) is 0 Å². The van der Waals surface area contributed by atoms with E-state index < -0.39 is 10.2 Å². The molecule has 0 radical (unpaired) electrons. The van der Waals surface area contributed by atoms with Gasteiger partial charge in [0.2, 0.25) is 0 Å². The second-order valence-electron chi connectivity index (χ2n) is 4.36. The monoisotopic (exact) mass is 263 g/mol. The van der Waals surface area contributed by atoms with Crippen molar-refractivity contribution in [2.45, 2.75) is 25.7 Å².